The van der Waals surface area contributed by atoms with Crippen LogP contribution in [0.2, 0.25) is 0 Å². The summed E-state index contributed by atoms with van der Waals surface area (Å²) in [4.78, 5) is 3.73. The second-order valence-corrected chi connectivity index (χ2v) is 7.63. The normalized spacial score (nSPS) is 20.6. The fourth-order valence-corrected chi connectivity index (χ4v) is 4.08. The molecule has 0 saturated heterocycles. The number of unbranched alkanes of at least 4 members (excludes halogenated alkanes) is 1. The predicted molar refractivity (Wildman–Crippen MR) is 103 cm³/mol. The first kappa shape index (κ1) is 18.1. The van der Waals surface area contributed by atoms with E-state index in [0.717, 1.165) is 23.0 Å². The molecule has 1 aromatic carbocycles. The van der Waals surface area contributed by atoms with E-state index in [-0.39, 0.29) is 0 Å². The number of benzene rings is 1. The van der Waals surface area contributed by atoms with Crippen molar-refractivity contribution in [1.29, 1.82) is 0 Å². The van der Waals surface area contributed by atoms with Crippen molar-refractivity contribution < 1.29 is 4.39 Å². The molecule has 25 heavy (non-hydrogen) atoms. The van der Waals surface area contributed by atoms with Gasteiger partial charge in [-0.3, -0.25) is 0 Å². The van der Waals surface area contributed by atoms with Gasteiger partial charge in [0, 0.05) is 11.8 Å². The van der Waals surface area contributed by atoms with Gasteiger partial charge >= 0.3 is 0 Å². The first-order chi connectivity index (χ1) is 12.2. The molecule has 2 aromatic rings. The van der Waals surface area contributed by atoms with E-state index in [2.05, 4.69) is 36.2 Å². The Kier molecular flexibility index (Phi) is 6.61. The summed E-state index contributed by atoms with van der Waals surface area (Å²) in [6.07, 6.45) is 14.0. The standard InChI is InChI=1S/C23H30FN/c1-2-3-4-18-5-7-19(8-6-18)9-10-20-11-13-21(14-12-20)22-15-16-23(24)25-17-22/h11-19H,2-10H2,1H3. The van der Waals surface area contributed by atoms with Crippen molar-refractivity contribution in [3.8, 4) is 11.1 Å². The fraction of sp³-hybridized carbons (Fsp3) is 0.522. The molecule has 1 fully saturated rings. The van der Waals surface area contributed by atoms with Gasteiger partial charge in [0.2, 0.25) is 5.95 Å². The van der Waals surface area contributed by atoms with E-state index in [4.69, 9.17) is 0 Å². The first-order valence-corrected chi connectivity index (χ1v) is 9.95. The van der Waals surface area contributed by atoms with Gasteiger partial charge in [-0.1, -0.05) is 76.1 Å². The van der Waals surface area contributed by atoms with Gasteiger partial charge in [-0.25, -0.2) is 4.98 Å². The molecule has 0 unspecified atom stereocenters. The van der Waals surface area contributed by atoms with Crippen LogP contribution < -0.4 is 0 Å². The lowest BCUT2D eigenvalue weighted by Gasteiger charge is -2.28. The number of aromatic nitrogens is 1. The molecule has 0 spiro atoms. The number of hydrogen-bond acceptors (Lipinski definition) is 1. The Bertz CT molecular complexity index is 624. The SMILES string of the molecule is CCCCC1CCC(CCc2ccc(-c3ccc(F)nc3)cc2)CC1. The predicted octanol–water partition coefficient (Wildman–Crippen LogP) is 6.82. The molecule has 1 aliphatic rings. The summed E-state index contributed by atoms with van der Waals surface area (Å²) in [6.45, 7) is 2.30. The van der Waals surface area contributed by atoms with E-state index >= 15 is 0 Å². The molecule has 0 N–H and O–H groups in total. The second kappa shape index (κ2) is 9.12. The quantitative estimate of drug-likeness (QED) is 0.504. The van der Waals surface area contributed by atoms with Gasteiger partial charge in [0.25, 0.3) is 0 Å². The maximum absolute atomic E-state index is 12.9. The van der Waals surface area contributed by atoms with Gasteiger partial charge in [0.15, 0.2) is 0 Å². The molecule has 3 rings (SSSR count). The third kappa shape index (κ3) is 5.39. The topological polar surface area (TPSA) is 12.9 Å². The molecule has 2 heteroatoms. The van der Waals surface area contributed by atoms with Gasteiger partial charge in [-0.05, 0) is 47.9 Å². The fourth-order valence-electron chi connectivity index (χ4n) is 4.08. The van der Waals surface area contributed by atoms with Gasteiger partial charge in [0.1, 0.15) is 0 Å². The number of hydrogen-bond donors (Lipinski definition) is 0. The molecule has 0 bridgehead atoms. The monoisotopic (exact) mass is 339 g/mol. The van der Waals surface area contributed by atoms with Gasteiger partial charge in [0.05, 0.1) is 0 Å². The van der Waals surface area contributed by atoms with Crippen LogP contribution in [0, 0.1) is 17.8 Å². The number of halogens is 1. The summed E-state index contributed by atoms with van der Waals surface area (Å²) in [7, 11) is 0. The molecule has 1 aromatic heterocycles. The van der Waals surface area contributed by atoms with Crippen LogP contribution in [0.15, 0.2) is 42.6 Å². The van der Waals surface area contributed by atoms with Gasteiger partial charge in [-0.2, -0.15) is 4.39 Å². The Hall–Kier alpha value is -1.70. The van der Waals surface area contributed by atoms with Crippen molar-refractivity contribution in [1.82, 2.24) is 4.98 Å². The summed E-state index contributed by atoms with van der Waals surface area (Å²) in [5.41, 5.74) is 3.48. The number of aryl methyl sites for hydroxylation is 1. The Labute approximate surface area is 151 Å². The van der Waals surface area contributed by atoms with Crippen molar-refractivity contribution in [3.05, 3.63) is 54.1 Å². The number of rotatable bonds is 7. The Morgan fingerprint density at radius 2 is 1.52 bits per heavy atom. The van der Waals surface area contributed by atoms with Crippen molar-refractivity contribution >= 4 is 0 Å². The van der Waals surface area contributed by atoms with E-state index in [1.165, 1.54) is 69.4 Å². The summed E-state index contributed by atoms with van der Waals surface area (Å²) in [5, 5.41) is 0. The van der Waals surface area contributed by atoms with Gasteiger partial charge < -0.3 is 0 Å². The van der Waals surface area contributed by atoms with Crippen molar-refractivity contribution in [3.63, 3.8) is 0 Å². The van der Waals surface area contributed by atoms with E-state index in [1.807, 2.05) is 0 Å². The molecule has 134 valence electrons. The Balaban J connectivity index is 1.45. The van der Waals surface area contributed by atoms with Crippen LogP contribution in [0.3, 0.4) is 0 Å². The maximum atomic E-state index is 12.9. The van der Waals surface area contributed by atoms with Crippen LogP contribution in [-0.4, -0.2) is 4.98 Å². The molecule has 1 saturated carbocycles. The second-order valence-electron chi connectivity index (χ2n) is 7.63. The third-order valence-corrected chi connectivity index (χ3v) is 5.79. The Morgan fingerprint density at radius 3 is 2.12 bits per heavy atom. The maximum Gasteiger partial charge on any atom is 0.212 e. The summed E-state index contributed by atoms with van der Waals surface area (Å²) in [6, 6.07) is 11.9. The highest BCUT2D eigenvalue weighted by molar-refractivity contribution is 5.62. The van der Waals surface area contributed by atoms with Crippen LogP contribution in [0.5, 0.6) is 0 Å². The Morgan fingerprint density at radius 1 is 0.880 bits per heavy atom. The lowest BCUT2D eigenvalue weighted by atomic mass is 9.78. The van der Waals surface area contributed by atoms with E-state index in [9.17, 15) is 4.39 Å². The van der Waals surface area contributed by atoms with Crippen molar-refractivity contribution in [2.75, 3.05) is 0 Å². The molecular formula is C23H30FN. The average Bonchev–Trinajstić information content (AvgIpc) is 2.67. The average molecular weight is 339 g/mol. The van der Waals surface area contributed by atoms with Crippen molar-refractivity contribution in [2.24, 2.45) is 11.8 Å². The minimum absolute atomic E-state index is 0.426. The zero-order valence-electron chi connectivity index (χ0n) is 15.4. The number of nitrogens with zero attached hydrogens (tertiary/aromatic N) is 1. The summed E-state index contributed by atoms with van der Waals surface area (Å²) in [5.74, 6) is 1.49. The first-order valence-electron chi connectivity index (χ1n) is 9.95. The lowest BCUT2D eigenvalue weighted by Crippen LogP contribution is -2.15. The molecule has 0 atom stereocenters. The highest BCUT2D eigenvalue weighted by Gasteiger charge is 2.20. The molecule has 1 aliphatic carbocycles. The smallest absolute Gasteiger partial charge is 0.212 e. The van der Waals surface area contributed by atoms with Crippen molar-refractivity contribution in [2.45, 2.75) is 64.7 Å². The highest BCUT2D eigenvalue weighted by Crippen LogP contribution is 2.34. The van der Waals surface area contributed by atoms with Crippen LogP contribution in [0.4, 0.5) is 4.39 Å². The largest absolute Gasteiger partial charge is 0.228 e. The van der Waals surface area contributed by atoms with E-state index in [1.54, 1.807) is 12.3 Å². The molecule has 1 nitrogen and oxygen atoms in total. The van der Waals surface area contributed by atoms with Crippen LogP contribution in [0.1, 0.15) is 63.9 Å². The molecular weight excluding hydrogens is 309 g/mol. The van der Waals surface area contributed by atoms with E-state index in [0.29, 0.717) is 0 Å². The summed E-state index contributed by atoms with van der Waals surface area (Å²) >= 11 is 0. The number of pyridine rings is 1. The highest BCUT2D eigenvalue weighted by atomic mass is 19.1. The third-order valence-electron chi connectivity index (χ3n) is 5.79. The zero-order valence-corrected chi connectivity index (χ0v) is 15.4. The summed E-state index contributed by atoms with van der Waals surface area (Å²) < 4.78 is 12.9. The van der Waals surface area contributed by atoms with Crippen LogP contribution >= 0.6 is 0 Å². The van der Waals surface area contributed by atoms with Crippen LogP contribution in [-0.2, 0) is 6.42 Å². The molecule has 0 aliphatic heterocycles. The molecule has 0 radical (unpaired) electrons. The molecule has 1 heterocycles. The zero-order chi connectivity index (χ0) is 17.5. The minimum Gasteiger partial charge on any atom is -0.228 e. The lowest BCUT2D eigenvalue weighted by molar-refractivity contribution is 0.250. The van der Waals surface area contributed by atoms with E-state index < -0.39 is 5.95 Å². The van der Waals surface area contributed by atoms with Gasteiger partial charge in [-0.15, -0.1) is 0 Å². The minimum atomic E-state index is -0.426. The van der Waals surface area contributed by atoms with Crippen LogP contribution in [0.25, 0.3) is 11.1 Å². The molecule has 0 amide bonds.